The van der Waals surface area contributed by atoms with Crippen molar-refractivity contribution in [1.29, 1.82) is 0 Å². The normalized spacial score (nSPS) is 19.1. The number of benzene rings is 1. The van der Waals surface area contributed by atoms with E-state index in [1.165, 1.54) is 0 Å². The molecule has 6 rings (SSSR count). The molecule has 8 nitrogen and oxygen atoms in total. The lowest BCUT2D eigenvalue weighted by Crippen LogP contribution is -2.39. The molecule has 0 atom stereocenters. The molecule has 2 aliphatic rings. The fourth-order valence-corrected chi connectivity index (χ4v) is 4.52. The quantitative estimate of drug-likeness (QED) is 0.539. The summed E-state index contributed by atoms with van der Waals surface area (Å²) < 4.78 is 11.6. The van der Waals surface area contributed by atoms with Crippen LogP contribution in [0.5, 0.6) is 0 Å². The van der Waals surface area contributed by atoms with Crippen LogP contribution in [0, 0.1) is 0 Å². The summed E-state index contributed by atoms with van der Waals surface area (Å²) in [4.78, 5) is 21.3. The minimum atomic E-state index is -0.346. The van der Waals surface area contributed by atoms with E-state index in [0.29, 0.717) is 25.2 Å². The molecule has 3 aromatic heterocycles. The zero-order valence-corrected chi connectivity index (χ0v) is 16.5. The number of nitrogens with zero attached hydrogens (tertiary/aromatic N) is 4. The number of hydrogen-bond acceptors (Lipinski definition) is 7. The van der Waals surface area contributed by atoms with E-state index < -0.39 is 0 Å². The molecule has 1 aliphatic heterocycles. The van der Waals surface area contributed by atoms with Crippen LogP contribution in [0.25, 0.3) is 33.2 Å². The van der Waals surface area contributed by atoms with Crippen molar-refractivity contribution in [2.24, 2.45) is 0 Å². The number of ether oxygens (including phenoxy) is 2. The molecule has 4 aromatic rings. The third-order valence-electron chi connectivity index (χ3n) is 6.11. The Morgan fingerprint density at radius 2 is 1.80 bits per heavy atom. The van der Waals surface area contributed by atoms with Crippen LogP contribution in [0.2, 0.25) is 0 Å². The van der Waals surface area contributed by atoms with Gasteiger partial charge in [-0.3, -0.25) is 9.97 Å². The van der Waals surface area contributed by atoms with Gasteiger partial charge in [0.15, 0.2) is 5.79 Å². The van der Waals surface area contributed by atoms with Gasteiger partial charge in [-0.25, -0.2) is 4.98 Å². The van der Waals surface area contributed by atoms with E-state index >= 15 is 0 Å². The van der Waals surface area contributed by atoms with Gasteiger partial charge in [0, 0.05) is 54.6 Å². The molecule has 2 N–H and O–H groups in total. The largest absolute Gasteiger partial charge is 0.351 e. The Balaban J connectivity index is 1.22. The molecule has 30 heavy (non-hydrogen) atoms. The first-order valence-electron chi connectivity index (χ1n) is 10.4. The average Bonchev–Trinajstić information content (AvgIpc) is 3.42. The van der Waals surface area contributed by atoms with E-state index in [0.717, 1.165) is 58.9 Å². The second-order valence-corrected chi connectivity index (χ2v) is 7.94. The SMILES string of the molecule is c1cnc2cc(-c3c[nH]c4nc(NC5CCC6(CC5)OCCO6)ncc34)ccc2n1. The van der Waals surface area contributed by atoms with Gasteiger partial charge in [-0.1, -0.05) is 6.07 Å². The van der Waals surface area contributed by atoms with Crippen molar-refractivity contribution in [3.05, 3.63) is 43.0 Å². The molecule has 1 spiro atoms. The lowest BCUT2D eigenvalue weighted by molar-refractivity contribution is -0.177. The summed E-state index contributed by atoms with van der Waals surface area (Å²) in [6.07, 6.45) is 11.0. The summed E-state index contributed by atoms with van der Waals surface area (Å²) in [6, 6.07) is 6.41. The summed E-state index contributed by atoms with van der Waals surface area (Å²) >= 11 is 0. The predicted octanol–water partition coefficient (Wildman–Crippen LogP) is 3.67. The predicted molar refractivity (Wildman–Crippen MR) is 113 cm³/mol. The van der Waals surface area contributed by atoms with Gasteiger partial charge in [0.05, 0.1) is 24.2 Å². The van der Waals surface area contributed by atoms with Gasteiger partial charge in [0.1, 0.15) is 5.65 Å². The monoisotopic (exact) mass is 402 g/mol. The highest BCUT2D eigenvalue weighted by molar-refractivity contribution is 5.95. The summed E-state index contributed by atoms with van der Waals surface area (Å²) in [6.45, 7) is 1.41. The first-order chi connectivity index (χ1) is 14.8. The van der Waals surface area contributed by atoms with Gasteiger partial charge in [0.25, 0.3) is 0 Å². The van der Waals surface area contributed by atoms with E-state index in [2.05, 4.69) is 31.3 Å². The Morgan fingerprint density at radius 3 is 2.63 bits per heavy atom. The highest BCUT2D eigenvalue weighted by Gasteiger charge is 2.40. The number of anilines is 1. The molecular formula is C22H22N6O2. The standard InChI is InChI=1S/C22H22N6O2/c1-2-18-19(24-8-7-23-18)11-14(1)16-12-25-20-17(16)13-26-21(28-20)27-15-3-5-22(6-4-15)29-9-10-30-22/h1-2,7-8,11-13,15H,3-6,9-10H2,(H2,25,26,27,28). The number of rotatable bonds is 3. The van der Waals surface area contributed by atoms with Crippen LogP contribution in [0.4, 0.5) is 5.95 Å². The van der Waals surface area contributed by atoms with Crippen molar-refractivity contribution >= 4 is 28.0 Å². The Morgan fingerprint density at radius 1 is 1.00 bits per heavy atom. The molecule has 1 saturated heterocycles. The molecular weight excluding hydrogens is 380 g/mol. The summed E-state index contributed by atoms with van der Waals surface area (Å²) in [5.41, 5.74) is 4.68. The van der Waals surface area contributed by atoms with Gasteiger partial charge in [-0.15, -0.1) is 0 Å². The van der Waals surface area contributed by atoms with Crippen molar-refractivity contribution in [2.75, 3.05) is 18.5 Å². The van der Waals surface area contributed by atoms with Crippen molar-refractivity contribution in [3.8, 4) is 11.1 Å². The Labute approximate surface area is 173 Å². The lowest BCUT2D eigenvalue weighted by atomic mass is 9.90. The molecule has 2 fully saturated rings. The van der Waals surface area contributed by atoms with E-state index in [1.807, 2.05) is 24.5 Å². The van der Waals surface area contributed by atoms with Crippen LogP contribution in [0.3, 0.4) is 0 Å². The summed E-state index contributed by atoms with van der Waals surface area (Å²) in [5, 5.41) is 4.47. The van der Waals surface area contributed by atoms with Crippen molar-refractivity contribution < 1.29 is 9.47 Å². The van der Waals surface area contributed by atoms with Crippen LogP contribution < -0.4 is 5.32 Å². The fourth-order valence-electron chi connectivity index (χ4n) is 4.52. The van der Waals surface area contributed by atoms with Crippen molar-refractivity contribution in [3.63, 3.8) is 0 Å². The van der Waals surface area contributed by atoms with Crippen LogP contribution in [-0.2, 0) is 9.47 Å². The van der Waals surface area contributed by atoms with Gasteiger partial charge in [0.2, 0.25) is 5.95 Å². The number of aromatic nitrogens is 5. The second kappa shape index (κ2) is 7.00. The van der Waals surface area contributed by atoms with E-state index in [1.54, 1.807) is 12.4 Å². The van der Waals surface area contributed by atoms with Gasteiger partial charge in [-0.2, -0.15) is 4.98 Å². The third kappa shape index (κ3) is 3.09. The minimum absolute atomic E-state index is 0.328. The maximum absolute atomic E-state index is 5.81. The zero-order chi connectivity index (χ0) is 20.0. The van der Waals surface area contributed by atoms with Crippen LogP contribution >= 0.6 is 0 Å². The average molecular weight is 402 g/mol. The highest BCUT2D eigenvalue weighted by Crippen LogP contribution is 2.36. The van der Waals surface area contributed by atoms with Crippen LogP contribution in [0.1, 0.15) is 25.7 Å². The third-order valence-corrected chi connectivity index (χ3v) is 6.11. The lowest BCUT2D eigenvalue weighted by Gasteiger charge is -2.35. The molecule has 0 unspecified atom stereocenters. The second-order valence-electron chi connectivity index (χ2n) is 7.94. The molecule has 152 valence electrons. The summed E-state index contributed by atoms with van der Waals surface area (Å²) in [5.74, 6) is 0.302. The molecule has 4 heterocycles. The molecule has 1 saturated carbocycles. The smallest absolute Gasteiger partial charge is 0.224 e. The van der Waals surface area contributed by atoms with E-state index in [4.69, 9.17) is 14.5 Å². The summed E-state index contributed by atoms with van der Waals surface area (Å²) in [7, 11) is 0. The molecule has 8 heteroatoms. The minimum Gasteiger partial charge on any atom is -0.351 e. The number of fused-ring (bicyclic) bond motifs is 2. The molecule has 1 aliphatic carbocycles. The number of aromatic amines is 1. The molecule has 0 radical (unpaired) electrons. The Bertz CT molecular complexity index is 1210. The molecule has 0 amide bonds. The van der Waals surface area contributed by atoms with Crippen molar-refractivity contribution in [1.82, 2.24) is 24.9 Å². The van der Waals surface area contributed by atoms with Crippen molar-refractivity contribution in [2.45, 2.75) is 37.5 Å². The number of H-pyrrole nitrogens is 1. The zero-order valence-electron chi connectivity index (χ0n) is 16.5. The highest BCUT2D eigenvalue weighted by atomic mass is 16.7. The Kier molecular flexibility index (Phi) is 4.14. The van der Waals surface area contributed by atoms with Gasteiger partial charge in [-0.05, 0) is 30.5 Å². The number of hydrogen-bond donors (Lipinski definition) is 2. The van der Waals surface area contributed by atoms with E-state index in [-0.39, 0.29) is 5.79 Å². The molecule has 1 aromatic carbocycles. The van der Waals surface area contributed by atoms with Gasteiger partial charge < -0.3 is 19.8 Å². The fraction of sp³-hybridized carbons (Fsp3) is 0.364. The Hall–Kier alpha value is -3.10. The maximum atomic E-state index is 5.81. The first-order valence-corrected chi connectivity index (χ1v) is 10.4. The number of nitrogens with one attached hydrogen (secondary N) is 2. The van der Waals surface area contributed by atoms with Crippen LogP contribution in [-0.4, -0.2) is 50.0 Å². The topological polar surface area (TPSA) is 97.8 Å². The molecule has 0 bridgehead atoms. The first kappa shape index (κ1) is 17.7. The maximum Gasteiger partial charge on any atom is 0.224 e. The van der Waals surface area contributed by atoms with Crippen LogP contribution in [0.15, 0.2) is 43.0 Å². The van der Waals surface area contributed by atoms with E-state index in [9.17, 15) is 0 Å². The van der Waals surface area contributed by atoms with Gasteiger partial charge >= 0.3 is 0 Å².